The largest absolute Gasteiger partial charge is 0.462 e. The normalized spacial score (nSPS) is 10.0. The van der Waals surface area contributed by atoms with Crippen molar-refractivity contribution in [2.75, 3.05) is 23.8 Å². The Hall–Kier alpha value is -2.89. The van der Waals surface area contributed by atoms with E-state index in [2.05, 4.69) is 10.6 Å². The van der Waals surface area contributed by atoms with Gasteiger partial charge in [0, 0.05) is 11.4 Å². The topological polar surface area (TPSA) is 67.4 Å². The molecule has 0 aliphatic rings. The monoisotopic (exact) mass is 316 g/mol. The van der Waals surface area contributed by atoms with Gasteiger partial charge in [-0.2, -0.15) is 0 Å². The highest BCUT2D eigenvalue weighted by molar-refractivity contribution is 5.94. The van der Waals surface area contributed by atoms with Crippen molar-refractivity contribution in [1.82, 2.24) is 0 Å². The second kappa shape index (κ2) is 7.93. The Morgan fingerprint density at radius 2 is 1.61 bits per heavy atom. The quantitative estimate of drug-likeness (QED) is 0.804. The number of amides is 1. The molecule has 0 radical (unpaired) electrons. The van der Waals surface area contributed by atoms with Gasteiger partial charge in [0.05, 0.1) is 18.7 Å². The Morgan fingerprint density at radius 3 is 2.22 bits per heavy atom. The van der Waals surface area contributed by atoms with Crippen LogP contribution in [-0.2, 0) is 9.53 Å². The lowest BCUT2D eigenvalue weighted by Gasteiger charge is -2.08. The zero-order valence-electron chi connectivity index (χ0n) is 12.6. The zero-order chi connectivity index (χ0) is 16.7. The fourth-order valence-corrected chi connectivity index (χ4v) is 1.86. The van der Waals surface area contributed by atoms with Crippen LogP contribution in [0.4, 0.5) is 15.8 Å². The average Bonchev–Trinajstić information content (AvgIpc) is 2.56. The summed E-state index contributed by atoms with van der Waals surface area (Å²) in [5.41, 5.74) is 1.68. The maximum Gasteiger partial charge on any atom is 0.338 e. The summed E-state index contributed by atoms with van der Waals surface area (Å²) in [6, 6.07) is 12.2. The molecule has 2 N–H and O–H groups in total. The van der Waals surface area contributed by atoms with Crippen LogP contribution in [0.15, 0.2) is 48.5 Å². The standard InChI is InChI=1S/C17H17FN2O3/c1-2-23-17(22)12-3-7-14(8-4-12)19-11-16(21)20-15-9-5-13(18)6-10-15/h3-10,19H,2,11H2,1H3,(H,20,21). The van der Waals surface area contributed by atoms with Gasteiger partial charge in [-0.3, -0.25) is 4.79 Å². The Labute approximate surface area is 133 Å². The van der Waals surface area contributed by atoms with Gasteiger partial charge in [0.25, 0.3) is 0 Å². The van der Waals surface area contributed by atoms with E-state index in [1.54, 1.807) is 31.2 Å². The SMILES string of the molecule is CCOC(=O)c1ccc(NCC(=O)Nc2ccc(F)cc2)cc1. The van der Waals surface area contributed by atoms with E-state index in [1.165, 1.54) is 24.3 Å². The van der Waals surface area contributed by atoms with E-state index in [0.29, 0.717) is 23.5 Å². The van der Waals surface area contributed by atoms with Crippen LogP contribution in [0.3, 0.4) is 0 Å². The molecule has 120 valence electrons. The Balaban J connectivity index is 1.84. The van der Waals surface area contributed by atoms with Gasteiger partial charge in [-0.15, -0.1) is 0 Å². The first-order valence-corrected chi connectivity index (χ1v) is 7.15. The third-order valence-electron chi connectivity index (χ3n) is 2.98. The van der Waals surface area contributed by atoms with Gasteiger partial charge >= 0.3 is 5.97 Å². The lowest BCUT2D eigenvalue weighted by Crippen LogP contribution is -2.21. The van der Waals surface area contributed by atoms with E-state index in [9.17, 15) is 14.0 Å². The Kier molecular flexibility index (Phi) is 5.68. The Bertz CT molecular complexity index is 669. The number of esters is 1. The molecule has 0 atom stereocenters. The molecule has 0 bridgehead atoms. The predicted octanol–water partition coefficient (Wildman–Crippen LogP) is 3.05. The molecule has 0 spiro atoms. The van der Waals surface area contributed by atoms with Crippen LogP contribution in [0.2, 0.25) is 0 Å². The minimum atomic E-state index is -0.381. The van der Waals surface area contributed by atoms with Crippen LogP contribution in [0, 0.1) is 5.82 Å². The van der Waals surface area contributed by atoms with Crippen molar-refractivity contribution < 1.29 is 18.7 Å². The lowest BCUT2D eigenvalue weighted by atomic mass is 10.2. The third-order valence-corrected chi connectivity index (χ3v) is 2.98. The number of hydrogen-bond donors (Lipinski definition) is 2. The van der Waals surface area contributed by atoms with Gasteiger partial charge in [0.15, 0.2) is 0 Å². The first-order valence-electron chi connectivity index (χ1n) is 7.15. The van der Waals surface area contributed by atoms with Crippen molar-refractivity contribution in [3.05, 3.63) is 59.9 Å². The van der Waals surface area contributed by atoms with Crippen LogP contribution in [-0.4, -0.2) is 25.0 Å². The molecule has 1 amide bonds. The highest BCUT2D eigenvalue weighted by atomic mass is 19.1. The maximum absolute atomic E-state index is 12.8. The summed E-state index contributed by atoms with van der Waals surface area (Å²) in [5.74, 6) is -0.998. The van der Waals surface area contributed by atoms with Crippen molar-refractivity contribution in [2.24, 2.45) is 0 Å². The van der Waals surface area contributed by atoms with E-state index in [4.69, 9.17) is 4.74 Å². The first kappa shape index (κ1) is 16.5. The van der Waals surface area contributed by atoms with E-state index >= 15 is 0 Å². The van der Waals surface area contributed by atoms with Crippen molar-refractivity contribution in [2.45, 2.75) is 6.92 Å². The van der Waals surface area contributed by atoms with E-state index < -0.39 is 0 Å². The molecular weight excluding hydrogens is 299 g/mol. The zero-order valence-corrected chi connectivity index (χ0v) is 12.6. The molecule has 23 heavy (non-hydrogen) atoms. The van der Waals surface area contributed by atoms with E-state index in [1.807, 2.05) is 0 Å². The highest BCUT2D eigenvalue weighted by Gasteiger charge is 2.06. The average molecular weight is 316 g/mol. The molecule has 5 nitrogen and oxygen atoms in total. The minimum absolute atomic E-state index is 0.0517. The van der Waals surface area contributed by atoms with Crippen molar-refractivity contribution in [3.63, 3.8) is 0 Å². The van der Waals surface area contributed by atoms with Gasteiger partial charge in [0.2, 0.25) is 5.91 Å². The van der Waals surface area contributed by atoms with Gasteiger partial charge in [-0.25, -0.2) is 9.18 Å². The van der Waals surface area contributed by atoms with Gasteiger partial charge in [-0.1, -0.05) is 0 Å². The van der Waals surface area contributed by atoms with Crippen molar-refractivity contribution >= 4 is 23.3 Å². The number of halogens is 1. The summed E-state index contributed by atoms with van der Waals surface area (Å²) in [7, 11) is 0. The molecular formula is C17H17FN2O3. The first-order chi connectivity index (χ1) is 11.1. The van der Waals surface area contributed by atoms with E-state index in [0.717, 1.165) is 0 Å². The summed E-state index contributed by atoms with van der Waals surface area (Å²) in [5, 5.41) is 5.58. The summed E-state index contributed by atoms with van der Waals surface area (Å²) in [6.07, 6.45) is 0. The molecule has 0 unspecified atom stereocenters. The molecule has 2 aromatic rings. The van der Waals surface area contributed by atoms with Gasteiger partial charge in [0.1, 0.15) is 5.82 Å². The summed E-state index contributed by atoms with van der Waals surface area (Å²) in [4.78, 5) is 23.3. The second-order valence-electron chi connectivity index (χ2n) is 4.71. The number of carbonyl (C=O) groups is 2. The molecule has 6 heteroatoms. The molecule has 2 aromatic carbocycles. The van der Waals surface area contributed by atoms with E-state index in [-0.39, 0.29) is 24.2 Å². The van der Waals surface area contributed by atoms with Crippen LogP contribution in [0.5, 0.6) is 0 Å². The molecule has 2 rings (SSSR count). The summed E-state index contributed by atoms with van der Waals surface area (Å²) in [6.45, 7) is 2.12. The third kappa shape index (κ3) is 5.10. The van der Waals surface area contributed by atoms with Crippen LogP contribution in [0.25, 0.3) is 0 Å². The molecule has 0 aromatic heterocycles. The Morgan fingerprint density at radius 1 is 1.00 bits per heavy atom. The second-order valence-corrected chi connectivity index (χ2v) is 4.71. The molecule has 0 aliphatic heterocycles. The molecule has 0 saturated carbocycles. The summed E-state index contributed by atoms with van der Waals surface area (Å²) >= 11 is 0. The number of hydrogen-bond acceptors (Lipinski definition) is 4. The number of ether oxygens (including phenoxy) is 1. The predicted molar refractivity (Wildman–Crippen MR) is 85.9 cm³/mol. The number of benzene rings is 2. The van der Waals surface area contributed by atoms with Gasteiger partial charge < -0.3 is 15.4 Å². The number of carbonyl (C=O) groups excluding carboxylic acids is 2. The highest BCUT2D eigenvalue weighted by Crippen LogP contribution is 2.11. The maximum atomic E-state index is 12.8. The number of anilines is 2. The number of nitrogens with one attached hydrogen (secondary N) is 2. The van der Waals surface area contributed by atoms with Gasteiger partial charge in [-0.05, 0) is 55.5 Å². The van der Waals surface area contributed by atoms with Crippen molar-refractivity contribution in [1.29, 1.82) is 0 Å². The molecule has 0 saturated heterocycles. The molecule has 0 fully saturated rings. The summed E-state index contributed by atoms with van der Waals surface area (Å²) < 4.78 is 17.7. The van der Waals surface area contributed by atoms with Crippen LogP contribution < -0.4 is 10.6 Å². The number of rotatable bonds is 6. The fourth-order valence-electron chi connectivity index (χ4n) is 1.86. The molecule has 0 heterocycles. The van der Waals surface area contributed by atoms with Crippen LogP contribution in [0.1, 0.15) is 17.3 Å². The van der Waals surface area contributed by atoms with Crippen molar-refractivity contribution in [3.8, 4) is 0 Å². The smallest absolute Gasteiger partial charge is 0.338 e. The lowest BCUT2D eigenvalue weighted by molar-refractivity contribution is -0.114. The molecule has 0 aliphatic carbocycles. The van der Waals surface area contributed by atoms with Crippen LogP contribution >= 0.6 is 0 Å². The fraction of sp³-hybridized carbons (Fsp3) is 0.176. The minimum Gasteiger partial charge on any atom is -0.462 e.